The molecule has 0 saturated heterocycles. The molecule has 4 nitrogen and oxygen atoms in total. The number of hydrogen-bond donors (Lipinski definition) is 4. The third-order valence-electron chi connectivity index (χ3n) is 6.60. The van der Waals surface area contributed by atoms with Gasteiger partial charge < -0.3 is 21.3 Å². The predicted octanol–water partition coefficient (Wildman–Crippen LogP) is 5.16. The third-order valence-corrected chi connectivity index (χ3v) is 6.60. The first-order chi connectivity index (χ1) is 17.8. The van der Waals surface area contributed by atoms with Crippen LogP contribution in [0.25, 0.3) is 0 Å². The van der Waals surface area contributed by atoms with Crippen LogP contribution in [-0.4, -0.2) is 0 Å². The van der Waals surface area contributed by atoms with Crippen LogP contribution in [0, 0.1) is 0 Å². The lowest BCUT2D eigenvalue weighted by atomic mass is 10.1. The van der Waals surface area contributed by atoms with E-state index in [1.807, 2.05) is 0 Å². The van der Waals surface area contributed by atoms with Gasteiger partial charge in [0.1, 0.15) is 0 Å². The summed E-state index contributed by atoms with van der Waals surface area (Å²) in [5.41, 5.74) is 10.5. The van der Waals surface area contributed by atoms with Crippen LogP contribution < -0.4 is 21.3 Å². The van der Waals surface area contributed by atoms with Gasteiger partial charge in [0, 0.05) is 52.4 Å². The average molecular weight is 477 g/mol. The van der Waals surface area contributed by atoms with E-state index in [1.165, 1.54) is 44.5 Å². The number of hydrogen-bond acceptors (Lipinski definition) is 4. The van der Waals surface area contributed by atoms with Gasteiger partial charge >= 0.3 is 0 Å². The highest BCUT2D eigenvalue weighted by molar-refractivity contribution is 5.28. The highest BCUT2D eigenvalue weighted by Gasteiger charge is 2.03. The van der Waals surface area contributed by atoms with Gasteiger partial charge in [0.25, 0.3) is 0 Å². The molecule has 4 N–H and O–H groups in total. The summed E-state index contributed by atoms with van der Waals surface area (Å²) in [5.74, 6) is 0. The largest absolute Gasteiger partial charge is 0.309 e. The van der Waals surface area contributed by atoms with Crippen molar-refractivity contribution in [1.82, 2.24) is 21.3 Å². The lowest BCUT2D eigenvalue weighted by Crippen LogP contribution is -2.17. The van der Waals surface area contributed by atoms with E-state index in [0.717, 1.165) is 52.4 Å². The molecule has 0 saturated carbocycles. The van der Waals surface area contributed by atoms with Crippen LogP contribution in [0.5, 0.6) is 0 Å². The van der Waals surface area contributed by atoms with Gasteiger partial charge in [-0.3, -0.25) is 0 Å². The Balaban J connectivity index is 1.30. The summed E-state index contributed by atoms with van der Waals surface area (Å²) < 4.78 is 0. The van der Waals surface area contributed by atoms with Crippen LogP contribution in [0.2, 0.25) is 0 Å². The molecule has 8 bridgehead atoms. The van der Waals surface area contributed by atoms with Crippen molar-refractivity contribution in [1.29, 1.82) is 0 Å². The molecule has 1 aliphatic rings. The summed E-state index contributed by atoms with van der Waals surface area (Å²) in [5, 5.41) is 14.5. The molecule has 0 radical (unpaired) electrons. The zero-order chi connectivity index (χ0) is 24.4. The van der Waals surface area contributed by atoms with Crippen LogP contribution >= 0.6 is 0 Å². The van der Waals surface area contributed by atoms with E-state index < -0.39 is 0 Å². The van der Waals surface area contributed by atoms with Gasteiger partial charge in [0.15, 0.2) is 0 Å². The summed E-state index contributed by atoms with van der Waals surface area (Å²) in [7, 11) is 0. The van der Waals surface area contributed by atoms with Crippen molar-refractivity contribution in [2.45, 2.75) is 52.4 Å². The molecule has 36 heavy (non-hydrogen) atoms. The molecule has 4 aromatic rings. The first-order valence-electron chi connectivity index (χ1n) is 12.9. The van der Waals surface area contributed by atoms with Crippen molar-refractivity contribution in [2.75, 3.05) is 0 Å². The Bertz CT molecular complexity index is 991. The fraction of sp³-hybridized carbons (Fsp3) is 0.250. The molecule has 184 valence electrons. The molecule has 4 heteroatoms. The second-order valence-corrected chi connectivity index (χ2v) is 9.69. The van der Waals surface area contributed by atoms with E-state index in [-0.39, 0.29) is 0 Å². The molecule has 5 rings (SSSR count). The molecule has 0 aromatic heterocycles. The van der Waals surface area contributed by atoms with Gasteiger partial charge in [-0.25, -0.2) is 0 Å². The van der Waals surface area contributed by atoms with Crippen molar-refractivity contribution in [3.8, 4) is 0 Å². The minimum atomic E-state index is 0.863. The van der Waals surface area contributed by atoms with Gasteiger partial charge in [-0.2, -0.15) is 0 Å². The van der Waals surface area contributed by atoms with Crippen molar-refractivity contribution in [3.63, 3.8) is 0 Å². The molecule has 0 spiro atoms. The van der Waals surface area contributed by atoms with Crippen LogP contribution in [-0.2, 0) is 52.4 Å². The van der Waals surface area contributed by atoms with Crippen LogP contribution in [0.15, 0.2) is 97.1 Å². The number of nitrogens with one attached hydrogen (secondary N) is 4. The van der Waals surface area contributed by atoms with Crippen LogP contribution in [0.1, 0.15) is 44.5 Å². The molecule has 4 aromatic carbocycles. The van der Waals surface area contributed by atoms with Crippen LogP contribution in [0.4, 0.5) is 0 Å². The lowest BCUT2D eigenvalue weighted by Gasteiger charge is -2.12. The van der Waals surface area contributed by atoms with Crippen molar-refractivity contribution >= 4 is 0 Å². The second kappa shape index (κ2) is 12.6. The van der Waals surface area contributed by atoms with Gasteiger partial charge in [-0.05, 0) is 44.5 Å². The Morgan fingerprint density at radius 1 is 0.278 bits per heavy atom. The number of benzene rings is 4. The first kappa shape index (κ1) is 24.4. The van der Waals surface area contributed by atoms with Crippen LogP contribution in [0.3, 0.4) is 0 Å². The zero-order valence-electron chi connectivity index (χ0n) is 20.9. The maximum atomic E-state index is 3.61. The normalized spacial score (nSPS) is 15.6. The fourth-order valence-corrected chi connectivity index (χ4v) is 4.80. The Kier molecular flexibility index (Phi) is 8.55. The first-order valence-corrected chi connectivity index (χ1v) is 12.9. The number of rotatable bonds is 0. The molecule has 1 aliphatic heterocycles. The molecule has 0 aliphatic carbocycles. The Labute approximate surface area is 215 Å². The van der Waals surface area contributed by atoms with Gasteiger partial charge in [0.2, 0.25) is 0 Å². The highest BCUT2D eigenvalue weighted by atomic mass is 14.9. The van der Waals surface area contributed by atoms with Crippen molar-refractivity contribution in [3.05, 3.63) is 142 Å². The lowest BCUT2D eigenvalue weighted by molar-refractivity contribution is 0.669. The summed E-state index contributed by atoms with van der Waals surface area (Å²) in [6, 6.07) is 35.4. The van der Waals surface area contributed by atoms with Gasteiger partial charge in [0.05, 0.1) is 0 Å². The fourth-order valence-electron chi connectivity index (χ4n) is 4.80. The minimum Gasteiger partial charge on any atom is -0.309 e. The van der Waals surface area contributed by atoms with Crippen molar-refractivity contribution < 1.29 is 0 Å². The molecule has 0 fully saturated rings. The minimum absolute atomic E-state index is 0.863. The average Bonchev–Trinajstić information content (AvgIpc) is 2.90. The second-order valence-electron chi connectivity index (χ2n) is 9.69. The Morgan fingerprint density at radius 3 is 0.611 bits per heavy atom. The van der Waals surface area contributed by atoms with E-state index in [9.17, 15) is 0 Å². The van der Waals surface area contributed by atoms with E-state index in [4.69, 9.17) is 0 Å². The Morgan fingerprint density at radius 2 is 0.444 bits per heavy atom. The topological polar surface area (TPSA) is 48.1 Å². The highest BCUT2D eigenvalue weighted by Crippen LogP contribution is 2.11. The SMILES string of the molecule is c1cc2cc(c1)CNCc1cccc(c1)CNCc1cccc(c1)CNCc1cccc(c1)CNC2. The molecule has 1 heterocycles. The quantitative estimate of drug-likeness (QED) is 0.283. The summed E-state index contributed by atoms with van der Waals surface area (Å²) in [4.78, 5) is 0. The molecule has 0 atom stereocenters. The maximum absolute atomic E-state index is 3.61. The van der Waals surface area contributed by atoms with Gasteiger partial charge in [-0.15, -0.1) is 0 Å². The van der Waals surface area contributed by atoms with E-state index in [0.29, 0.717) is 0 Å². The molecular formula is C32H36N4. The number of fused-ring (bicyclic) bond motifs is 8. The molecular weight excluding hydrogens is 440 g/mol. The summed E-state index contributed by atoms with van der Waals surface area (Å²) >= 11 is 0. The molecule has 0 amide bonds. The zero-order valence-corrected chi connectivity index (χ0v) is 20.9. The predicted molar refractivity (Wildman–Crippen MR) is 148 cm³/mol. The molecule has 0 unspecified atom stereocenters. The maximum Gasteiger partial charge on any atom is 0.0208 e. The standard InChI is InChI=1S/C32H36N4/c1-5-25-13-26(6-1)18-34-20-28-8-3-10-30(15-28)22-36-24-32-12-4-11-31(16-32)23-35-21-29-9-2-7-27(14-29)19-33-17-25/h1-16,33-36H,17-24H2. The monoisotopic (exact) mass is 476 g/mol. The van der Waals surface area contributed by atoms with E-state index in [2.05, 4.69) is 118 Å². The smallest absolute Gasteiger partial charge is 0.0208 e. The third kappa shape index (κ3) is 7.36. The van der Waals surface area contributed by atoms with E-state index in [1.54, 1.807) is 0 Å². The van der Waals surface area contributed by atoms with Crippen molar-refractivity contribution in [2.24, 2.45) is 0 Å². The summed E-state index contributed by atoms with van der Waals surface area (Å²) in [6.07, 6.45) is 0. The summed E-state index contributed by atoms with van der Waals surface area (Å²) in [6.45, 7) is 6.90. The van der Waals surface area contributed by atoms with E-state index >= 15 is 0 Å². The Hall–Kier alpha value is -3.28. The van der Waals surface area contributed by atoms with Gasteiger partial charge in [-0.1, -0.05) is 97.1 Å².